The average Bonchev–Trinajstić information content (AvgIpc) is 2.77. The molecule has 2 aromatic rings. The van der Waals surface area contributed by atoms with Crippen LogP contribution in [0.4, 0.5) is 13.2 Å². The highest BCUT2D eigenvalue weighted by molar-refractivity contribution is 5.31. The van der Waals surface area contributed by atoms with Gasteiger partial charge in [-0.05, 0) is 12.1 Å². The van der Waals surface area contributed by atoms with Gasteiger partial charge in [-0.1, -0.05) is 18.2 Å². The van der Waals surface area contributed by atoms with Crippen molar-refractivity contribution in [3.05, 3.63) is 48.3 Å². The van der Waals surface area contributed by atoms with Gasteiger partial charge in [-0.15, -0.1) is 0 Å². The lowest BCUT2D eigenvalue weighted by Crippen LogP contribution is -2.28. The molecule has 0 aliphatic carbocycles. The van der Waals surface area contributed by atoms with Crippen molar-refractivity contribution in [2.24, 2.45) is 5.73 Å². The molecule has 2 rings (SSSR count). The summed E-state index contributed by atoms with van der Waals surface area (Å²) in [6.45, 7) is 0. The third kappa shape index (κ3) is 2.47. The summed E-state index contributed by atoms with van der Waals surface area (Å²) >= 11 is 0. The van der Waals surface area contributed by atoms with Crippen LogP contribution in [0.2, 0.25) is 0 Å². The number of hydrogen-bond acceptors (Lipinski definition) is 2. The maximum atomic E-state index is 12.4. The van der Waals surface area contributed by atoms with Crippen LogP contribution in [0, 0.1) is 0 Å². The van der Waals surface area contributed by atoms with Crippen LogP contribution in [0.25, 0.3) is 5.69 Å². The smallest absolute Gasteiger partial charge is 0.316 e. The van der Waals surface area contributed by atoms with Crippen molar-refractivity contribution < 1.29 is 13.2 Å². The molecule has 1 atom stereocenters. The molecule has 0 aliphatic rings. The molecule has 1 heterocycles. The van der Waals surface area contributed by atoms with Crippen molar-refractivity contribution in [1.29, 1.82) is 0 Å². The number of rotatable bonds is 2. The Kier molecular flexibility index (Phi) is 2.89. The lowest BCUT2D eigenvalue weighted by molar-refractivity contribution is -0.149. The van der Waals surface area contributed by atoms with E-state index in [1.54, 1.807) is 24.3 Å². The van der Waals surface area contributed by atoms with Gasteiger partial charge in [0.25, 0.3) is 0 Å². The van der Waals surface area contributed by atoms with E-state index in [0.29, 0.717) is 5.69 Å². The Labute approximate surface area is 95.7 Å². The number of hydrogen-bond donors (Lipinski definition) is 1. The van der Waals surface area contributed by atoms with Gasteiger partial charge in [-0.3, -0.25) is 0 Å². The molecule has 6 heteroatoms. The summed E-state index contributed by atoms with van der Waals surface area (Å²) in [6, 6.07) is 6.86. The maximum absolute atomic E-state index is 12.4. The Morgan fingerprint density at radius 1 is 1.18 bits per heavy atom. The molecule has 0 spiro atoms. The Morgan fingerprint density at radius 3 is 2.41 bits per heavy atom. The SMILES string of the molecule is NC(c1cnn(-c2ccccc2)c1)C(F)(F)F. The molecule has 1 aromatic heterocycles. The van der Waals surface area contributed by atoms with E-state index < -0.39 is 12.2 Å². The van der Waals surface area contributed by atoms with Gasteiger partial charge in [-0.25, -0.2) is 4.68 Å². The van der Waals surface area contributed by atoms with Crippen LogP contribution < -0.4 is 5.73 Å². The van der Waals surface area contributed by atoms with E-state index in [-0.39, 0.29) is 5.56 Å². The second kappa shape index (κ2) is 4.21. The fourth-order valence-electron chi connectivity index (χ4n) is 1.41. The number of halogens is 3. The van der Waals surface area contributed by atoms with Gasteiger partial charge < -0.3 is 5.73 Å². The molecule has 0 radical (unpaired) electrons. The topological polar surface area (TPSA) is 43.8 Å². The van der Waals surface area contributed by atoms with Gasteiger partial charge in [0.1, 0.15) is 6.04 Å². The highest BCUT2D eigenvalue weighted by Crippen LogP contribution is 2.30. The summed E-state index contributed by atoms with van der Waals surface area (Å²) in [7, 11) is 0. The zero-order valence-electron chi connectivity index (χ0n) is 8.72. The summed E-state index contributed by atoms with van der Waals surface area (Å²) in [6.07, 6.45) is -2.04. The minimum absolute atomic E-state index is 0.0543. The van der Waals surface area contributed by atoms with Crippen molar-refractivity contribution in [2.45, 2.75) is 12.2 Å². The normalized spacial score (nSPS) is 13.6. The highest BCUT2D eigenvalue weighted by Gasteiger charge is 2.38. The fourth-order valence-corrected chi connectivity index (χ4v) is 1.41. The second-order valence-electron chi connectivity index (χ2n) is 3.57. The summed E-state index contributed by atoms with van der Waals surface area (Å²) in [5.41, 5.74) is 5.72. The van der Waals surface area contributed by atoms with Gasteiger partial charge in [0.05, 0.1) is 11.9 Å². The molecular weight excluding hydrogens is 231 g/mol. The van der Waals surface area contributed by atoms with E-state index in [4.69, 9.17) is 5.73 Å². The quantitative estimate of drug-likeness (QED) is 0.877. The Balaban J connectivity index is 2.28. The third-order valence-electron chi connectivity index (χ3n) is 2.34. The number of benzene rings is 1. The molecule has 0 saturated carbocycles. The molecule has 1 aromatic carbocycles. The average molecular weight is 241 g/mol. The molecule has 0 fully saturated rings. The maximum Gasteiger partial charge on any atom is 0.407 e. The first kappa shape index (κ1) is 11.7. The molecule has 90 valence electrons. The number of para-hydroxylation sites is 1. The molecular formula is C11H10F3N3. The number of nitrogens with zero attached hydrogens (tertiary/aromatic N) is 2. The van der Waals surface area contributed by atoms with Crippen LogP contribution in [0.3, 0.4) is 0 Å². The predicted molar refractivity (Wildman–Crippen MR) is 56.5 cm³/mol. The van der Waals surface area contributed by atoms with Crippen LogP contribution in [0.15, 0.2) is 42.7 Å². The van der Waals surface area contributed by atoms with Crippen LogP contribution in [-0.2, 0) is 0 Å². The van der Waals surface area contributed by atoms with Crippen molar-refractivity contribution >= 4 is 0 Å². The fraction of sp³-hybridized carbons (Fsp3) is 0.182. The van der Waals surface area contributed by atoms with Crippen molar-refractivity contribution in [3.63, 3.8) is 0 Å². The Morgan fingerprint density at radius 2 is 1.82 bits per heavy atom. The molecule has 0 aliphatic heterocycles. The Hall–Kier alpha value is -1.82. The van der Waals surface area contributed by atoms with Gasteiger partial charge in [0, 0.05) is 11.8 Å². The summed E-state index contributed by atoms with van der Waals surface area (Å²) in [4.78, 5) is 0. The summed E-state index contributed by atoms with van der Waals surface area (Å²) in [5.74, 6) is 0. The van der Waals surface area contributed by atoms with Gasteiger partial charge in [-0.2, -0.15) is 18.3 Å². The molecule has 3 nitrogen and oxygen atoms in total. The molecule has 0 amide bonds. The van der Waals surface area contributed by atoms with Crippen LogP contribution in [0.5, 0.6) is 0 Å². The molecule has 0 bridgehead atoms. The first-order valence-corrected chi connectivity index (χ1v) is 4.91. The molecule has 1 unspecified atom stereocenters. The zero-order chi connectivity index (χ0) is 12.5. The zero-order valence-corrected chi connectivity index (χ0v) is 8.72. The minimum Gasteiger partial charge on any atom is -0.316 e. The van der Waals surface area contributed by atoms with Crippen molar-refractivity contribution in [3.8, 4) is 5.69 Å². The van der Waals surface area contributed by atoms with Crippen molar-refractivity contribution in [2.75, 3.05) is 0 Å². The monoisotopic (exact) mass is 241 g/mol. The largest absolute Gasteiger partial charge is 0.407 e. The first-order valence-electron chi connectivity index (χ1n) is 4.91. The van der Waals surface area contributed by atoms with E-state index in [1.807, 2.05) is 6.07 Å². The number of alkyl halides is 3. The van der Waals surface area contributed by atoms with E-state index in [1.165, 1.54) is 10.9 Å². The first-order chi connectivity index (χ1) is 7.98. The lowest BCUT2D eigenvalue weighted by atomic mass is 10.2. The molecule has 0 saturated heterocycles. The van der Waals surface area contributed by atoms with Crippen LogP contribution in [0.1, 0.15) is 11.6 Å². The second-order valence-corrected chi connectivity index (χ2v) is 3.57. The van der Waals surface area contributed by atoms with E-state index >= 15 is 0 Å². The standard InChI is InChI=1S/C11H10F3N3/c12-11(13,14)10(15)8-6-16-17(7-8)9-4-2-1-3-5-9/h1-7,10H,15H2. The van der Waals surface area contributed by atoms with E-state index in [0.717, 1.165) is 6.20 Å². The minimum atomic E-state index is -4.45. The van der Waals surface area contributed by atoms with Gasteiger partial charge >= 0.3 is 6.18 Å². The van der Waals surface area contributed by atoms with Crippen LogP contribution in [-0.4, -0.2) is 16.0 Å². The van der Waals surface area contributed by atoms with Gasteiger partial charge in [0.2, 0.25) is 0 Å². The third-order valence-corrected chi connectivity index (χ3v) is 2.34. The highest BCUT2D eigenvalue weighted by atomic mass is 19.4. The number of nitrogens with two attached hydrogens (primary N) is 1. The lowest BCUT2D eigenvalue weighted by Gasteiger charge is -2.13. The van der Waals surface area contributed by atoms with E-state index in [2.05, 4.69) is 5.10 Å². The Bertz CT molecular complexity index is 490. The number of aromatic nitrogens is 2. The predicted octanol–water partition coefficient (Wildman–Crippen LogP) is 2.43. The molecule has 17 heavy (non-hydrogen) atoms. The summed E-state index contributed by atoms with van der Waals surface area (Å²) < 4.78 is 38.5. The van der Waals surface area contributed by atoms with E-state index in [9.17, 15) is 13.2 Å². The van der Waals surface area contributed by atoms with Gasteiger partial charge in [0.15, 0.2) is 0 Å². The summed E-state index contributed by atoms with van der Waals surface area (Å²) in [5, 5.41) is 3.86. The molecule has 2 N–H and O–H groups in total. The van der Waals surface area contributed by atoms with Crippen LogP contribution >= 0.6 is 0 Å². The van der Waals surface area contributed by atoms with Crippen molar-refractivity contribution in [1.82, 2.24) is 9.78 Å².